The van der Waals surface area contributed by atoms with Gasteiger partial charge in [0.2, 0.25) is 0 Å². The summed E-state index contributed by atoms with van der Waals surface area (Å²) in [5, 5.41) is 39.3. The van der Waals surface area contributed by atoms with Crippen molar-refractivity contribution in [3.8, 4) is 0 Å². The first-order valence-corrected chi connectivity index (χ1v) is 6.43. The van der Waals surface area contributed by atoms with Crippen molar-refractivity contribution in [2.24, 2.45) is 0 Å². The molecule has 1 aromatic carbocycles. The quantitative estimate of drug-likeness (QED) is 0.618. The van der Waals surface area contributed by atoms with Crippen molar-refractivity contribution in [1.82, 2.24) is 0 Å². The molecule has 0 bridgehead atoms. The third-order valence-electron chi connectivity index (χ3n) is 3.59. The van der Waals surface area contributed by atoms with E-state index >= 15 is 0 Å². The van der Waals surface area contributed by atoms with E-state index in [1.807, 2.05) is 18.2 Å². The van der Waals surface area contributed by atoms with Gasteiger partial charge in [0.15, 0.2) is 0 Å². The van der Waals surface area contributed by atoms with E-state index in [4.69, 9.17) is 4.74 Å². The molecule has 0 spiro atoms. The lowest BCUT2D eigenvalue weighted by molar-refractivity contribution is -0.222. The molecule has 106 valence electrons. The van der Waals surface area contributed by atoms with Crippen LogP contribution in [0.2, 0.25) is 0 Å². The van der Waals surface area contributed by atoms with Crippen LogP contribution in [0.1, 0.15) is 25.0 Å². The van der Waals surface area contributed by atoms with Crippen LogP contribution in [0.4, 0.5) is 0 Å². The minimum absolute atomic E-state index is 0.166. The molecule has 5 nitrogen and oxygen atoms in total. The van der Waals surface area contributed by atoms with Gasteiger partial charge in [-0.05, 0) is 12.5 Å². The van der Waals surface area contributed by atoms with Crippen molar-refractivity contribution in [2.45, 2.75) is 50.0 Å². The highest BCUT2D eigenvalue weighted by atomic mass is 16.5. The standard InChI is InChI=1S/C14H20O5/c1-8-12(16)14(18)13(17)11(19-8)7-10(15)9-5-3-2-4-6-9/h2-6,8,10-18H,7H2,1H3/t8-,10?,11-,12+,13+,14+/m0/s1. The second-order valence-electron chi connectivity index (χ2n) is 5.01. The van der Waals surface area contributed by atoms with E-state index in [0.717, 1.165) is 5.56 Å². The first-order chi connectivity index (χ1) is 9.00. The van der Waals surface area contributed by atoms with E-state index in [9.17, 15) is 20.4 Å². The van der Waals surface area contributed by atoms with Gasteiger partial charge in [0.1, 0.15) is 18.3 Å². The van der Waals surface area contributed by atoms with Crippen molar-refractivity contribution >= 4 is 0 Å². The van der Waals surface area contributed by atoms with Gasteiger partial charge in [0, 0.05) is 6.42 Å². The number of aliphatic hydroxyl groups is 4. The third-order valence-corrected chi connectivity index (χ3v) is 3.59. The Morgan fingerprint density at radius 3 is 2.32 bits per heavy atom. The Hall–Kier alpha value is -0.980. The number of ether oxygens (including phenoxy) is 1. The van der Waals surface area contributed by atoms with Gasteiger partial charge >= 0.3 is 0 Å². The molecule has 0 saturated carbocycles. The molecule has 1 saturated heterocycles. The molecule has 0 aromatic heterocycles. The maximum absolute atomic E-state index is 10.1. The largest absolute Gasteiger partial charge is 0.388 e. The average Bonchev–Trinajstić information content (AvgIpc) is 2.43. The highest BCUT2D eigenvalue weighted by Gasteiger charge is 2.42. The van der Waals surface area contributed by atoms with Crippen molar-refractivity contribution in [3.05, 3.63) is 35.9 Å². The number of rotatable bonds is 3. The van der Waals surface area contributed by atoms with Gasteiger partial charge in [-0.15, -0.1) is 0 Å². The molecule has 6 atom stereocenters. The molecule has 1 aliphatic heterocycles. The smallest absolute Gasteiger partial charge is 0.111 e. The van der Waals surface area contributed by atoms with Crippen LogP contribution in [0.25, 0.3) is 0 Å². The summed E-state index contributed by atoms with van der Waals surface area (Å²) >= 11 is 0. The first-order valence-electron chi connectivity index (χ1n) is 6.43. The number of hydrogen-bond donors (Lipinski definition) is 4. The molecule has 2 rings (SSSR count). The highest BCUT2D eigenvalue weighted by Crippen LogP contribution is 2.28. The Morgan fingerprint density at radius 2 is 1.68 bits per heavy atom. The predicted molar refractivity (Wildman–Crippen MR) is 68.4 cm³/mol. The van der Waals surface area contributed by atoms with Gasteiger partial charge in [0.25, 0.3) is 0 Å². The van der Waals surface area contributed by atoms with E-state index in [1.165, 1.54) is 0 Å². The van der Waals surface area contributed by atoms with Gasteiger partial charge in [-0.1, -0.05) is 30.3 Å². The lowest BCUT2D eigenvalue weighted by Gasteiger charge is -2.40. The van der Waals surface area contributed by atoms with Crippen molar-refractivity contribution in [2.75, 3.05) is 0 Å². The van der Waals surface area contributed by atoms with E-state index in [1.54, 1.807) is 19.1 Å². The van der Waals surface area contributed by atoms with E-state index in [-0.39, 0.29) is 6.42 Å². The molecular formula is C14H20O5. The summed E-state index contributed by atoms with van der Waals surface area (Å²) in [4.78, 5) is 0. The molecule has 4 N–H and O–H groups in total. The minimum atomic E-state index is -1.25. The SMILES string of the molecule is C[C@@H]1O[C@@H](CC(O)c2ccccc2)[C@@H](O)[C@H](O)[C@@H]1O. The van der Waals surface area contributed by atoms with E-state index in [2.05, 4.69) is 0 Å². The molecule has 1 aromatic rings. The first kappa shape index (κ1) is 14.4. The molecule has 0 radical (unpaired) electrons. The molecule has 19 heavy (non-hydrogen) atoms. The molecule has 1 fully saturated rings. The van der Waals surface area contributed by atoms with Crippen LogP contribution in [0.15, 0.2) is 30.3 Å². The Labute approximate surface area is 112 Å². The summed E-state index contributed by atoms with van der Waals surface area (Å²) in [6.45, 7) is 1.63. The molecule has 5 heteroatoms. The van der Waals surface area contributed by atoms with Crippen LogP contribution in [0.5, 0.6) is 0 Å². The second kappa shape index (κ2) is 5.98. The normalized spacial score (nSPS) is 37.0. The van der Waals surface area contributed by atoms with E-state index in [0.29, 0.717) is 0 Å². The average molecular weight is 268 g/mol. The van der Waals surface area contributed by atoms with Crippen molar-refractivity contribution in [3.63, 3.8) is 0 Å². The van der Waals surface area contributed by atoms with Crippen LogP contribution < -0.4 is 0 Å². The molecule has 1 heterocycles. The maximum Gasteiger partial charge on any atom is 0.111 e. The summed E-state index contributed by atoms with van der Waals surface area (Å²) in [5.41, 5.74) is 0.728. The molecular weight excluding hydrogens is 248 g/mol. The zero-order chi connectivity index (χ0) is 14.0. The number of hydrogen-bond acceptors (Lipinski definition) is 5. The van der Waals surface area contributed by atoms with Gasteiger partial charge in [0.05, 0.1) is 18.3 Å². The maximum atomic E-state index is 10.1. The minimum Gasteiger partial charge on any atom is -0.388 e. The fraction of sp³-hybridized carbons (Fsp3) is 0.571. The van der Waals surface area contributed by atoms with Crippen molar-refractivity contribution in [1.29, 1.82) is 0 Å². The molecule has 0 aliphatic carbocycles. The van der Waals surface area contributed by atoms with Crippen LogP contribution in [0.3, 0.4) is 0 Å². The van der Waals surface area contributed by atoms with Crippen LogP contribution in [0, 0.1) is 0 Å². The Kier molecular flexibility index (Phi) is 4.54. The molecule has 0 amide bonds. The summed E-state index contributed by atoms with van der Waals surface area (Å²) in [6.07, 6.45) is -5.47. The Morgan fingerprint density at radius 1 is 1.05 bits per heavy atom. The van der Waals surface area contributed by atoms with Crippen molar-refractivity contribution < 1.29 is 25.2 Å². The third kappa shape index (κ3) is 3.13. The lowest BCUT2D eigenvalue weighted by atomic mass is 9.91. The van der Waals surface area contributed by atoms with Crippen LogP contribution >= 0.6 is 0 Å². The van der Waals surface area contributed by atoms with Crippen LogP contribution in [-0.2, 0) is 4.74 Å². The van der Waals surface area contributed by atoms with Gasteiger partial charge < -0.3 is 25.2 Å². The summed E-state index contributed by atoms with van der Waals surface area (Å²) < 4.78 is 5.45. The zero-order valence-corrected chi connectivity index (χ0v) is 10.8. The predicted octanol–water partition coefficient (Wildman–Crippen LogP) is -0.0199. The molecule has 1 aliphatic rings. The van der Waals surface area contributed by atoms with Crippen LogP contribution in [-0.4, -0.2) is 50.9 Å². The monoisotopic (exact) mass is 268 g/mol. The number of benzene rings is 1. The van der Waals surface area contributed by atoms with Gasteiger partial charge in [-0.25, -0.2) is 0 Å². The second-order valence-corrected chi connectivity index (χ2v) is 5.01. The highest BCUT2D eigenvalue weighted by molar-refractivity contribution is 5.17. The fourth-order valence-corrected chi connectivity index (χ4v) is 2.36. The Bertz CT molecular complexity index is 396. The summed E-state index contributed by atoms with van der Waals surface area (Å²) in [7, 11) is 0. The van der Waals surface area contributed by atoms with E-state index < -0.39 is 36.6 Å². The Balaban J connectivity index is 2.02. The lowest BCUT2D eigenvalue weighted by Crippen LogP contribution is -2.56. The molecule has 1 unspecified atom stereocenters. The zero-order valence-electron chi connectivity index (χ0n) is 10.8. The van der Waals surface area contributed by atoms with Gasteiger partial charge in [-0.2, -0.15) is 0 Å². The summed E-state index contributed by atoms with van der Waals surface area (Å²) in [6, 6.07) is 9.06. The topological polar surface area (TPSA) is 90.2 Å². The summed E-state index contributed by atoms with van der Waals surface area (Å²) in [5.74, 6) is 0. The fourth-order valence-electron chi connectivity index (χ4n) is 2.36. The van der Waals surface area contributed by atoms with Gasteiger partial charge in [-0.3, -0.25) is 0 Å². The number of aliphatic hydroxyl groups excluding tert-OH is 4.